The topological polar surface area (TPSA) is 68.0 Å². The molecule has 4 heteroatoms. The Balaban J connectivity index is 2.04. The lowest BCUT2D eigenvalue weighted by molar-refractivity contribution is 0.0972. The first-order valence-electron chi connectivity index (χ1n) is 5.24. The van der Waals surface area contributed by atoms with E-state index in [0.29, 0.717) is 23.8 Å². The summed E-state index contributed by atoms with van der Waals surface area (Å²) in [6.45, 7) is 1.01. The van der Waals surface area contributed by atoms with Crippen LogP contribution in [0.2, 0.25) is 0 Å². The number of pyridine rings is 1. The number of carbonyl (C=O) groups is 1. The Morgan fingerprint density at radius 3 is 3.20 bits per heavy atom. The van der Waals surface area contributed by atoms with Crippen molar-refractivity contribution in [2.45, 2.75) is 25.3 Å². The van der Waals surface area contributed by atoms with Crippen LogP contribution in [0.3, 0.4) is 0 Å². The van der Waals surface area contributed by atoms with Crippen molar-refractivity contribution in [1.82, 2.24) is 10.3 Å². The smallest absolute Gasteiger partial charge is 0.168 e. The maximum Gasteiger partial charge on any atom is 0.168 e. The lowest BCUT2D eigenvalue weighted by Gasteiger charge is -2.09. The molecule has 0 aromatic carbocycles. The Labute approximate surface area is 88.9 Å². The average Bonchev–Trinajstić information content (AvgIpc) is 2.71. The van der Waals surface area contributed by atoms with E-state index in [1.54, 1.807) is 18.3 Å². The Kier molecular flexibility index (Phi) is 2.97. The van der Waals surface area contributed by atoms with Gasteiger partial charge in [-0.25, -0.2) is 4.98 Å². The number of anilines is 1. The van der Waals surface area contributed by atoms with Crippen LogP contribution in [0.1, 0.15) is 29.6 Å². The highest BCUT2D eigenvalue weighted by Gasteiger charge is 2.19. The van der Waals surface area contributed by atoms with Crippen molar-refractivity contribution in [3.8, 4) is 0 Å². The van der Waals surface area contributed by atoms with Crippen molar-refractivity contribution in [2.75, 3.05) is 12.3 Å². The molecule has 15 heavy (non-hydrogen) atoms. The second-order valence-corrected chi connectivity index (χ2v) is 3.86. The predicted molar refractivity (Wildman–Crippen MR) is 58.6 cm³/mol. The Bertz CT molecular complexity index is 359. The van der Waals surface area contributed by atoms with Crippen LogP contribution in [0.5, 0.6) is 0 Å². The molecule has 80 valence electrons. The van der Waals surface area contributed by atoms with E-state index in [1.807, 2.05) is 0 Å². The van der Waals surface area contributed by atoms with Gasteiger partial charge >= 0.3 is 0 Å². The zero-order valence-electron chi connectivity index (χ0n) is 8.57. The van der Waals surface area contributed by atoms with Gasteiger partial charge in [-0.05, 0) is 31.5 Å². The normalized spacial score (nSPS) is 20.4. The van der Waals surface area contributed by atoms with Crippen LogP contribution in [-0.4, -0.2) is 23.4 Å². The number of hydrogen-bond donors (Lipinski definition) is 2. The van der Waals surface area contributed by atoms with Crippen molar-refractivity contribution in [1.29, 1.82) is 0 Å². The number of ketones is 1. The van der Waals surface area contributed by atoms with Gasteiger partial charge in [0.1, 0.15) is 5.82 Å². The van der Waals surface area contributed by atoms with Gasteiger partial charge in [0, 0.05) is 18.7 Å². The van der Waals surface area contributed by atoms with Gasteiger partial charge in [-0.2, -0.15) is 0 Å². The molecule has 1 aliphatic rings. The predicted octanol–water partition coefficient (Wildman–Crippen LogP) is 0.989. The number of rotatable bonds is 3. The highest BCUT2D eigenvalue weighted by atomic mass is 16.1. The molecule has 1 atom stereocenters. The third-order valence-electron chi connectivity index (χ3n) is 2.73. The fourth-order valence-corrected chi connectivity index (χ4v) is 1.92. The summed E-state index contributed by atoms with van der Waals surface area (Å²) in [5.41, 5.74) is 6.19. The molecule has 2 heterocycles. The molecule has 3 N–H and O–H groups in total. The van der Waals surface area contributed by atoms with Crippen LogP contribution >= 0.6 is 0 Å². The minimum Gasteiger partial charge on any atom is -0.383 e. The molecule has 1 aromatic rings. The molecule has 1 fully saturated rings. The SMILES string of the molecule is Nc1ncccc1C(=O)CC1CCCN1. The van der Waals surface area contributed by atoms with Crippen molar-refractivity contribution in [2.24, 2.45) is 0 Å². The number of nitrogens with zero attached hydrogens (tertiary/aromatic N) is 1. The summed E-state index contributed by atoms with van der Waals surface area (Å²) in [5.74, 6) is 0.417. The van der Waals surface area contributed by atoms with Crippen molar-refractivity contribution >= 4 is 11.6 Å². The summed E-state index contributed by atoms with van der Waals surface area (Å²) in [6.07, 6.45) is 4.35. The molecule has 0 radical (unpaired) electrons. The molecule has 2 rings (SSSR count). The molecule has 0 amide bonds. The van der Waals surface area contributed by atoms with E-state index in [9.17, 15) is 4.79 Å². The van der Waals surface area contributed by atoms with Crippen molar-refractivity contribution in [3.63, 3.8) is 0 Å². The number of carbonyl (C=O) groups excluding carboxylic acids is 1. The Hall–Kier alpha value is -1.42. The molecular formula is C11H15N3O. The molecule has 0 spiro atoms. The van der Waals surface area contributed by atoms with E-state index in [0.717, 1.165) is 19.4 Å². The molecular weight excluding hydrogens is 190 g/mol. The number of Topliss-reactive ketones (excluding diaryl/α,β-unsaturated/α-hetero) is 1. The number of nitrogen functional groups attached to an aromatic ring is 1. The maximum absolute atomic E-state index is 11.9. The molecule has 0 bridgehead atoms. The average molecular weight is 205 g/mol. The number of nitrogens with one attached hydrogen (secondary N) is 1. The summed E-state index contributed by atoms with van der Waals surface area (Å²) in [4.78, 5) is 15.8. The monoisotopic (exact) mass is 205 g/mol. The van der Waals surface area contributed by atoms with Crippen LogP contribution in [-0.2, 0) is 0 Å². The highest BCUT2D eigenvalue weighted by molar-refractivity contribution is 6.00. The van der Waals surface area contributed by atoms with Gasteiger partial charge in [0.25, 0.3) is 0 Å². The Morgan fingerprint density at radius 2 is 2.53 bits per heavy atom. The van der Waals surface area contributed by atoms with E-state index in [-0.39, 0.29) is 5.78 Å². The van der Waals surface area contributed by atoms with Crippen LogP contribution in [0.15, 0.2) is 18.3 Å². The van der Waals surface area contributed by atoms with E-state index >= 15 is 0 Å². The molecule has 0 aliphatic carbocycles. The highest BCUT2D eigenvalue weighted by Crippen LogP contribution is 2.15. The van der Waals surface area contributed by atoms with Crippen LogP contribution in [0.4, 0.5) is 5.82 Å². The summed E-state index contributed by atoms with van der Waals surface area (Å²) >= 11 is 0. The summed E-state index contributed by atoms with van der Waals surface area (Å²) in [7, 11) is 0. The zero-order chi connectivity index (χ0) is 10.7. The molecule has 1 aliphatic heterocycles. The van der Waals surface area contributed by atoms with Crippen molar-refractivity contribution in [3.05, 3.63) is 23.9 Å². The van der Waals surface area contributed by atoms with E-state index in [1.165, 1.54) is 0 Å². The molecule has 4 nitrogen and oxygen atoms in total. The maximum atomic E-state index is 11.9. The lowest BCUT2D eigenvalue weighted by Crippen LogP contribution is -2.25. The van der Waals surface area contributed by atoms with Gasteiger partial charge in [-0.1, -0.05) is 0 Å². The fraction of sp³-hybridized carbons (Fsp3) is 0.455. The largest absolute Gasteiger partial charge is 0.383 e. The van der Waals surface area contributed by atoms with Gasteiger partial charge in [-0.3, -0.25) is 4.79 Å². The molecule has 0 saturated carbocycles. The lowest BCUT2D eigenvalue weighted by atomic mass is 10.0. The van der Waals surface area contributed by atoms with Gasteiger partial charge in [0.2, 0.25) is 0 Å². The number of nitrogens with two attached hydrogens (primary N) is 1. The second-order valence-electron chi connectivity index (χ2n) is 3.86. The van der Waals surface area contributed by atoms with Crippen LogP contribution < -0.4 is 11.1 Å². The molecule has 1 aromatic heterocycles. The van der Waals surface area contributed by atoms with Crippen LogP contribution in [0.25, 0.3) is 0 Å². The van der Waals surface area contributed by atoms with E-state index in [4.69, 9.17) is 5.73 Å². The summed E-state index contributed by atoms with van der Waals surface area (Å²) in [6, 6.07) is 3.79. The first-order chi connectivity index (χ1) is 7.27. The third-order valence-corrected chi connectivity index (χ3v) is 2.73. The first-order valence-corrected chi connectivity index (χ1v) is 5.24. The van der Waals surface area contributed by atoms with E-state index < -0.39 is 0 Å². The van der Waals surface area contributed by atoms with Crippen molar-refractivity contribution < 1.29 is 4.79 Å². The second kappa shape index (κ2) is 4.40. The van der Waals surface area contributed by atoms with Gasteiger partial charge in [0.05, 0.1) is 5.56 Å². The minimum absolute atomic E-state index is 0.0833. The third kappa shape index (κ3) is 2.33. The minimum atomic E-state index is 0.0833. The van der Waals surface area contributed by atoms with Gasteiger partial charge in [-0.15, -0.1) is 0 Å². The standard InChI is InChI=1S/C11H15N3O/c12-11-9(4-2-6-14-11)10(15)7-8-3-1-5-13-8/h2,4,6,8,13H,1,3,5,7H2,(H2,12,14). The number of aromatic nitrogens is 1. The first kappa shape index (κ1) is 10.1. The van der Waals surface area contributed by atoms with Crippen LogP contribution in [0, 0.1) is 0 Å². The Morgan fingerprint density at radius 1 is 1.67 bits per heavy atom. The summed E-state index contributed by atoms with van der Waals surface area (Å²) in [5, 5.41) is 3.29. The van der Waals surface area contributed by atoms with E-state index in [2.05, 4.69) is 10.3 Å². The van der Waals surface area contributed by atoms with Gasteiger partial charge < -0.3 is 11.1 Å². The zero-order valence-corrected chi connectivity index (χ0v) is 8.57. The fourth-order valence-electron chi connectivity index (χ4n) is 1.92. The quantitative estimate of drug-likeness (QED) is 0.722. The number of hydrogen-bond acceptors (Lipinski definition) is 4. The molecule has 1 unspecified atom stereocenters. The molecule has 1 saturated heterocycles. The van der Waals surface area contributed by atoms with Gasteiger partial charge in [0.15, 0.2) is 5.78 Å². The summed E-state index contributed by atoms with van der Waals surface area (Å²) < 4.78 is 0.